The highest BCUT2D eigenvalue weighted by Gasteiger charge is 2.36. The van der Waals surface area contributed by atoms with Crippen molar-refractivity contribution in [2.24, 2.45) is 0 Å². The molecule has 0 radical (unpaired) electrons. The Balaban J connectivity index is 2.14. The van der Waals surface area contributed by atoms with E-state index in [0.29, 0.717) is 5.75 Å². The largest absolute Gasteiger partial charge is 0.508 e. The fourth-order valence-corrected chi connectivity index (χ4v) is 3.82. The summed E-state index contributed by atoms with van der Waals surface area (Å²) in [5, 5.41) is 10.4. The lowest BCUT2D eigenvalue weighted by Gasteiger charge is -2.39. The maximum Gasteiger partial charge on any atom is 0.115 e. The molecule has 1 aliphatic carbocycles. The van der Waals surface area contributed by atoms with Gasteiger partial charge in [0.05, 0.1) is 0 Å². The summed E-state index contributed by atoms with van der Waals surface area (Å²) in [6.45, 7) is 0. The van der Waals surface area contributed by atoms with Gasteiger partial charge in [0.15, 0.2) is 0 Å². The van der Waals surface area contributed by atoms with Gasteiger partial charge < -0.3 is 5.11 Å². The van der Waals surface area contributed by atoms with E-state index >= 15 is 0 Å². The van der Waals surface area contributed by atoms with Crippen LogP contribution in [0.4, 0.5) is 0 Å². The second-order valence-electron chi connectivity index (χ2n) is 5.67. The third kappa shape index (κ3) is 2.31. The number of phenols is 1. The van der Waals surface area contributed by atoms with Gasteiger partial charge in [0.1, 0.15) is 5.75 Å². The van der Waals surface area contributed by atoms with Crippen LogP contribution in [-0.4, -0.2) is 5.11 Å². The lowest BCUT2D eigenvalue weighted by atomic mass is 9.65. The van der Waals surface area contributed by atoms with E-state index in [2.05, 4.69) is 12.1 Å². The number of hydrogen-bond donors (Lipinski definition) is 1. The topological polar surface area (TPSA) is 20.2 Å². The van der Waals surface area contributed by atoms with E-state index in [1.807, 2.05) is 24.3 Å². The first-order chi connectivity index (χ1) is 9.72. The van der Waals surface area contributed by atoms with Gasteiger partial charge in [-0.15, -0.1) is 0 Å². The minimum atomic E-state index is 0.00426. The van der Waals surface area contributed by atoms with E-state index in [-0.39, 0.29) is 5.41 Å². The predicted octanol–water partition coefficient (Wildman–Crippen LogP) is 5.30. The molecule has 2 aromatic rings. The summed E-state index contributed by atoms with van der Waals surface area (Å²) in [5.41, 5.74) is 2.50. The smallest absolute Gasteiger partial charge is 0.115 e. The van der Waals surface area contributed by atoms with E-state index < -0.39 is 0 Å². The van der Waals surface area contributed by atoms with Gasteiger partial charge in [0.2, 0.25) is 0 Å². The maximum atomic E-state index is 9.54. The minimum absolute atomic E-state index is 0.00426. The summed E-state index contributed by atoms with van der Waals surface area (Å²) in [7, 11) is 0. The van der Waals surface area contributed by atoms with Crippen LogP contribution in [0, 0.1) is 0 Å². The highest BCUT2D eigenvalue weighted by atomic mass is 35.5. The van der Waals surface area contributed by atoms with Gasteiger partial charge >= 0.3 is 0 Å². The standard InChI is InChI=1S/C18H19ClO/c19-17-7-3-2-6-16(17)18(12-4-1-5-13-18)14-8-10-15(20)11-9-14/h2-3,6-11,20H,1,4-5,12-13H2. The number of benzene rings is 2. The van der Waals surface area contributed by atoms with Crippen LogP contribution in [0.25, 0.3) is 0 Å². The third-order valence-corrected chi connectivity index (χ3v) is 4.85. The molecular weight excluding hydrogens is 268 g/mol. The molecule has 0 spiro atoms. The molecule has 3 rings (SSSR count). The SMILES string of the molecule is Oc1ccc(C2(c3ccccc3Cl)CCCCC2)cc1. The van der Waals surface area contributed by atoms with Crippen LogP contribution in [0.1, 0.15) is 43.2 Å². The Labute approximate surface area is 125 Å². The van der Waals surface area contributed by atoms with Gasteiger partial charge in [-0.25, -0.2) is 0 Å². The minimum Gasteiger partial charge on any atom is -0.508 e. The van der Waals surface area contributed by atoms with Gasteiger partial charge in [0, 0.05) is 10.4 Å². The van der Waals surface area contributed by atoms with Crippen molar-refractivity contribution in [3.63, 3.8) is 0 Å². The lowest BCUT2D eigenvalue weighted by molar-refractivity contribution is 0.345. The lowest BCUT2D eigenvalue weighted by Crippen LogP contribution is -2.30. The second-order valence-corrected chi connectivity index (χ2v) is 6.08. The van der Waals surface area contributed by atoms with Crippen molar-refractivity contribution in [2.45, 2.75) is 37.5 Å². The average molecular weight is 287 g/mol. The van der Waals surface area contributed by atoms with Gasteiger partial charge in [-0.05, 0) is 42.2 Å². The van der Waals surface area contributed by atoms with Crippen molar-refractivity contribution in [2.75, 3.05) is 0 Å². The van der Waals surface area contributed by atoms with Crippen molar-refractivity contribution in [1.82, 2.24) is 0 Å². The van der Waals surface area contributed by atoms with Crippen molar-refractivity contribution in [1.29, 1.82) is 0 Å². The number of aromatic hydroxyl groups is 1. The molecule has 0 saturated heterocycles. The molecule has 2 heteroatoms. The summed E-state index contributed by atoms with van der Waals surface area (Å²) in [5.74, 6) is 0.318. The molecule has 0 heterocycles. The molecule has 0 unspecified atom stereocenters. The Kier molecular flexibility index (Phi) is 3.71. The molecule has 0 aromatic heterocycles. The van der Waals surface area contributed by atoms with Crippen LogP contribution < -0.4 is 0 Å². The zero-order valence-corrected chi connectivity index (χ0v) is 12.2. The number of rotatable bonds is 2. The maximum absolute atomic E-state index is 9.54. The second kappa shape index (κ2) is 5.49. The highest BCUT2D eigenvalue weighted by Crippen LogP contribution is 2.47. The van der Waals surface area contributed by atoms with Gasteiger partial charge in [-0.2, -0.15) is 0 Å². The Morgan fingerprint density at radius 2 is 1.50 bits per heavy atom. The van der Waals surface area contributed by atoms with Crippen LogP contribution in [0.3, 0.4) is 0 Å². The van der Waals surface area contributed by atoms with Crippen LogP contribution in [0.2, 0.25) is 5.02 Å². The number of phenolic OH excluding ortho intramolecular Hbond substituents is 1. The summed E-state index contributed by atoms with van der Waals surface area (Å²) in [4.78, 5) is 0. The van der Waals surface area contributed by atoms with Crippen LogP contribution in [0.5, 0.6) is 5.75 Å². The molecule has 0 bridgehead atoms. The Hall–Kier alpha value is -1.47. The molecule has 0 atom stereocenters. The van der Waals surface area contributed by atoms with Gasteiger partial charge in [0.25, 0.3) is 0 Å². The first-order valence-corrected chi connectivity index (χ1v) is 7.65. The van der Waals surface area contributed by atoms with Crippen LogP contribution in [-0.2, 0) is 5.41 Å². The van der Waals surface area contributed by atoms with E-state index in [4.69, 9.17) is 11.6 Å². The van der Waals surface area contributed by atoms with Crippen molar-refractivity contribution in [3.8, 4) is 5.75 Å². The zero-order valence-electron chi connectivity index (χ0n) is 11.5. The summed E-state index contributed by atoms with van der Waals surface area (Å²) in [6, 6.07) is 15.8. The quantitative estimate of drug-likeness (QED) is 0.794. The van der Waals surface area contributed by atoms with Crippen molar-refractivity contribution < 1.29 is 5.11 Å². The summed E-state index contributed by atoms with van der Waals surface area (Å²) < 4.78 is 0. The van der Waals surface area contributed by atoms with E-state index in [1.165, 1.54) is 30.4 Å². The molecule has 1 fully saturated rings. The Bertz CT molecular complexity index is 583. The summed E-state index contributed by atoms with van der Waals surface area (Å²) in [6.07, 6.45) is 6.01. The molecule has 0 aliphatic heterocycles. The normalized spacial score (nSPS) is 17.9. The summed E-state index contributed by atoms with van der Waals surface area (Å²) >= 11 is 6.48. The van der Waals surface area contributed by atoms with E-state index in [9.17, 15) is 5.11 Å². The first-order valence-electron chi connectivity index (χ1n) is 7.27. The van der Waals surface area contributed by atoms with Gasteiger partial charge in [-0.1, -0.05) is 61.2 Å². The molecule has 104 valence electrons. The molecule has 0 amide bonds. The average Bonchev–Trinajstić information content (AvgIpc) is 2.49. The molecular formula is C18H19ClO. The molecule has 1 nitrogen and oxygen atoms in total. The molecule has 1 saturated carbocycles. The monoisotopic (exact) mass is 286 g/mol. The third-order valence-electron chi connectivity index (χ3n) is 4.52. The van der Waals surface area contributed by atoms with Crippen LogP contribution in [0.15, 0.2) is 48.5 Å². The van der Waals surface area contributed by atoms with Gasteiger partial charge in [-0.3, -0.25) is 0 Å². The van der Waals surface area contributed by atoms with Crippen molar-refractivity contribution in [3.05, 3.63) is 64.7 Å². The Morgan fingerprint density at radius 3 is 2.15 bits per heavy atom. The highest BCUT2D eigenvalue weighted by molar-refractivity contribution is 6.31. The van der Waals surface area contributed by atoms with Crippen molar-refractivity contribution >= 4 is 11.6 Å². The first kappa shape index (κ1) is 13.5. The zero-order chi connectivity index (χ0) is 14.0. The molecule has 2 aromatic carbocycles. The fourth-order valence-electron chi connectivity index (χ4n) is 3.50. The molecule has 1 N–H and O–H groups in total. The predicted molar refractivity (Wildman–Crippen MR) is 83.4 cm³/mol. The number of hydrogen-bond acceptors (Lipinski definition) is 1. The molecule has 1 aliphatic rings. The fraction of sp³-hybridized carbons (Fsp3) is 0.333. The Morgan fingerprint density at radius 1 is 0.850 bits per heavy atom. The molecule has 20 heavy (non-hydrogen) atoms. The van der Waals surface area contributed by atoms with E-state index in [1.54, 1.807) is 12.1 Å². The van der Waals surface area contributed by atoms with Crippen LogP contribution >= 0.6 is 11.6 Å². The number of halogens is 1. The van der Waals surface area contributed by atoms with E-state index in [0.717, 1.165) is 17.9 Å².